The second-order valence-corrected chi connectivity index (χ2v) is 10.4. The average Bonchev–Trinajstić information content (AvgIpc) is 2.75. The Morgan fingerprint density at radius 2 is 0.848 bits per heavy atom. The van der Waals surface area contributed by atoms with Crippen LogP contribution in [0.4, 0.5) is 0 Å². The van der Waals surface area contributed by atoms with Gasteiger partial charge in [-0.25, -0.2) is 0 Å². The van der Waals surface area contributed by atoms with Crippen molar-refractivity contribution in [3.8, 4) is 0 Å². The van der Waals surface area contributed by atoms with Crippen LogP contribution in [-0.4, -0.2) is 34.6 Å². The molecule has 0 aromatic heterocycles. The van der Waals surface area contributed by atoms with E-state index in [4.69, 9.17) is 0 Å². The Bertz CT molecular complexity index is 687. The molecule has 1 aliphatic rings. The van der Waals surface area contributed by atoms with Crippen LogP contribution in [0.5, 0.6) is 0 Å². The van der Waals surface area contributed by atoms with Crippen molar-refractivity contribution in [2.75, 3.05) is 0 Å². The van der Waals surface area contributed by atoms with Gasteiger partial charge in [-0.2, -0.15) is 10.2 Å². The Morgan fingerprint density at radius 3 is 1.18 bits per heavy atom. The fraction of sp³-hybridized carbons (Fsp3) is 0.778. The van der Waals surface area contributed by atoms with Crippen LogP contribution in [0.3, 0.4) is 0 Å². The zero-order valence-electron chi connectivity index (χ0n) is 21.6. The number of carbonyl (C=O) groups is 4. The molecule has 1 heterocycles. The van der Waals surface area contributed by atoms with Crippen LogP contribution in [0.25, 0.3) is 0 Å². The van der Waals surface area contributed by atoms with Crippen molar-refractivity contribution >= 4 is 34.6 Å². The summed E-state index contributed by atoms with van der Waals surface area (Å²) in [5, 5.41) is 9.24. The molecule has 0 saturated heterocycles. The third kappa shape index (κ3) is 11.6. The standard InChI is InChI=1S/C27H44N2O4/c1-18(2)22-14-10-20(5)12-16-26(32)24(30)8-7-9-25(31)27(33)17-13-21(6)11-15-23(19(3)4)29-28-22/h18-21H,7-17H2,1-6H3/b28-22+,29-23+/t20-,21-/m1/s1. The first-order valence-corrected chi connectivity index (χ1v) is 12.8. The summed E-state index contributed by atoms with van der Waals surface area (Å²) in [6.45, 7) is 12.7. The summed E-state index contributed by atoms with van der Waals surface area (Å²) in [5.74, 6) is -0.414. The molecule has 1 rings (SSSR count). The Hall–Kier alpha value is -1.98. The van der Waals surface area contributed by atoms with Crippen LogP contribution >= 0.6 is 0 Å². The molecule has 0 radical (unpaired) electrons. The third-order valence-corrected chi connectivity index (χ3v) is 6.58. The SMILES string of the molecule is CC(C)/C1=N/N=C(/C(C)C)CC[C@@H](C)CCC(=O)C(=O)CCCC(=O)C(=O)CC[C@H](C)CC1. The highest BCUT2D eigenvalue weighted by molar-refractivity contribution is 6.38. The lowest BCUT2D eigenvalue weighted by molar-refractivity contribution is -0.138. The van der Waals surface area contributed by atoms with Gasteiger partial charge in [0.1, 0.15) is 0 Å². The molecule has 0 aromatic carbocycles. The van der Waals surface area contributed by atoms with E-state index in [2.05, 4.69) is 51.7 Å². The minimum absolute atomic E-state index is 0.0438. The molecule has 0 spiro atoms. The summed E-state index contributed by atoms with van der Waals surface area (Å²) >= 11 is 0. The van der Waals surface area contributed by atoms with E-state index in [1.165, 1.54) is 0 Å². The second-order valence-electron chi connectivity index (χ2n) is 10.4. The van der Waals surface area contributed by atoms with E-state index in [-0.39, 0.29) is 43.7 Å². The normalized spacial score (nSPS) is 27.6. The largest absolute Gasteiger partial charge is 0.291 e. The van der Waals surface area contributed by atoms with Gasteiger partial charge in [0.2, 0.25) is 0 Å². The van der Waals surface area contributed by atoms with E-state index >= 15 is 0 Å². The molecule has 2 atom stereocenters. The molecule has 0 bridgehead atoms. The van der Waals surface area contributed by atoms with E-state index < -0.39 is 11.6 Å². The maximum atomic E-state index is 12.2. The van der Waals surface area contributed by atoms with Crippen LogP contribution in [0.2, 0.25) is 0 Å². The molecular formula is C27H44N2O4. The van der Waals surface area contributed by atoms with Gasteiger partial charge in [-0.05, 0) is 68.6 Å². The van der Waals surface area contributed by atoms with Gasteiger partial charge in [-0.1, -0.05) is 41.5 Å². The molecular weight excluding hydrogens is 416 g/mol. The van der Waals surface area contributed by atoms with Crippen LogP contribution in [-0.2, 0) is 19.2 Å². The topological polar surface area (TPSA) is 93.0 Å². The quantitative estimate of drug-likeness (QED) is 0.476. The van der Waals surface area contributed by atoms with Crippen molar-refractivity contribution in [2.45, 2.75) is 112 Å². The van der Waals surface area contributed by atoms with E-state index in [9.17, 15) is 19.2 Å². The van der Waals surface area contributed by atoms with Crippen LogP contribution in [0, 0.1) is 23.7 Å². The number of hydrogen-bond acceptors (Lipinski definition) is 6. The summed E-state index contributed by atoms with van der Waals surface area (Å²) in [5.41, 5.74) is 2.12. The van der Waals surface area contributed by atoms with E-state index in [0.29, 0.717) is 36.5 Å². The monoisotopic (exact) mass is 460 g/mol. The molecule has 0 aromatic rings. The van der Waals surface area contributed by atoms with Crippen molar-refractivity contribution < 1.29 is 19.2 Å². The molecule has 0 fully saturated rings. The Kier molecular flexibility index (Phi) is 13.2. The number of rotatable bonds is 2. The summed E-state index contributed by atoms with van der Waals surface area (Å²) in [6, 6.07) is 0. The van der Waals surface area contributed by atoms with Crippen molar-refractivity contribution in [3.63, 3.8) is 0 Å². The third-order valence-electron chi connectivity index (χ3n) is 6.58. The maximum Gasteiger partial charge on any atom is 0.198 e. The molecule has 0 saturated carbocycles. The summed E-state index contributed by atoms with van der Waals surface area (Å²) in [6.07, 6.45) is 5.60. The first-order chi connectivity index (χ1) is 15.5. The van der Waals surface area contributed by atoms with Crippen LogP contribution < -0.4 is 0 Å². The summed E-state index contributed by atoms with van der Waals surface area (Å²) < 4.78 is 0. The minimum Gasteiger partial charge on any atom is -0.291 e. The van der Waals surface area contributed by atoms with Gasteiger partial charge in [0, 0.05) is 37.1 Å². The molecule has 6 heteroatoms. The van der Waals surface area contributed by atoms with Gasteiger partial charge in [-0.3, -0.25) is 19.2 Å². The van der Waals surface area contributed by atoms with E-state index in [1.807, 2.05) is 0 Å². The molecule has 6 nitrogen and oxygen atoms in total. The van der Waals surface area contributed by atoms with Gasteiger partial charge in [0.05, 0.1) is 0 Å². The van der Waals surface area contributed by atoms with Crippen molar-refractivity contribution in [3.05, 3.63) is 0 Å². The predicted molar refractivity (Wildman–Crippen MR) is 134 cm³/mol. The van der Waals surface area contributed by atoms with Gasteiger partial charge < -0.3 is 0 Å². The number of hydrogen-bond donors (Lipinski definition) is 0. The first-order valence-electron chi connectivity index (χ1n) is 12.8. The predicted octanol–water partition coefficient (Wildman–Crippen LogP) is 5.95. The van der Waals surface area contributed by atoms with Crippen molar-refractivity contribution in [1.82, 2.24) is 0 Å². The van der Waals surface area contributed by atoms with Crippen LogP contribution in [0.1, 0.15) is 112 Å². The lowest BCUT2D eigenvalue weighted by Gasteiger charge is -2.15. The fourth-order valence-corrected chi connectivity index (χ4v) is 3.84. The number of ketones is 4. The Balaban J connectivity index is 2.99. The summed E-state index contributed by atoms with van der Waals surface area (Å²) in [4.78, 5) is 48.6. The molecule has 0 aliphatic carbocycles. The molecule has 1 aliphatic heterocycles. The Labute approximate surface area is 200 Å². The van der Waals surface area contributed by atoms with Crippen molar-refractivity contribution in [1.29, 1.82) is 0 Å². The van der Waals surface area contributed by atoms with Gasteiger partial charge >= 0.3 is 0 Å². The number of Topliss-reactive ketones (excluding diaryl/α,β-unsaturated/α-hetero) is 4. The number of nitrogens with zero attached hydrogens (tertiary/aromatic N) is 2. The highest BCUT2D eigenvalue weighted by Crippen LogP contribution is 2.19. The summed E-state index contributed by atoms with van der Waals surface area (Å²) in [7, 11) is 0. The fourth-order valence-electron chi connectivity index (χ4n) is 3.84. The zero-order valence-corrected chi connectivity index (χ0v) is 21.6. The van der Waals surface area contributed by atoms with Crippen LogP contribution in [0.15, 0.2) is 10.2 Å². The molecule has 33 heavy (non-hydrogen) atoms. The maximum absolute atomic E-state index is 12.2. The average molecular weight is 461 g/mol. The zero-order chi connectivity index (χ0) is 25.0. The Morgan fingerprint density at radius 1 is 0.545 bits per heavy atom. The lowest BCUT2D eigenvalue weighted by atomic mass is 9.92. The molecule has 0 N–H and O–H groups in total. The highest BCUT2D eigenvalue weighted by Gasteiger charge is 2.19. The number of carbonyl (C=O) groups excluding carboxylic acids is 4. The van der Waals surface area contributed by atoms with E-state index in [0.717, 1.165) is 37.1 Å². The van der Waals surface area contributed by atoms with Gasteiger partial charge in [0.25, 0.3) is 0 Å². The lowest BCUT2D eigenvalue weighted by Crippen LogP contribution is -2.18. The minimum atomic E-state index is -0.429. The van der Waals surface area contributed by atoms with Gasteiger partial charge in [0.15, 0.2) is 23.1 Å². The van der Waals surface area contributed by atoms with Crippen molar-refractivity contribution in [2.24, 2.45) is 33.9 Å². The smallest absolute Gasteiger partial charge is 0.198 e. The highest BCUT2D eigenvalue weighted by atomic mass is 16.2. The molecule has 186 valence electrons. The molecule has 0 amide bonds. The first kappa shape index (κ1) is 29.1. The van der Waals surface area contributed by atoms with Gasteiger partial charge in [-0.15, -0.1) is 0 Å². The second kappa shape index (κ2) is 15.0. The van der Waals surface area contributed by atoms with E-state index in [1.54, 1.807) is 0 Å². The molecule has 0 unspecified atom stereocenters.